The van der Waals surface area contributed by atoms with Crippen LogP contribution in [0.5, 0.6) is 5.75 Å². The van der Waals surface area contributed by atoms with Gasteiger partial charge in [-0.1, -0.05) is 13.8 Å². The van der Waals surface area contributed by atoms with E-state index >= 15 is 0 Å². The van der Waals surface area contributed by atoms with Crippen molar-refractivity contribution in [3.63, 3.8) is 0 Å². The number of ether oxygens (including phenoxy) is 1. The molecule has 0 radical (unpaired) electrons. The summed E-state index contributed by atoms with van der Waals surface area (Å²) in [5, 5.41) is 2.70. The molecule has 3 N–H and O–H groups in total. The van der Waals surface area contributed by atoms with Crippen LogP contribution in [-0.2, 0) is 15.6 Å². The first-order valence-electron chi connectivity index (χ1n) is 6.08. The van der Waals surface area contributed by atoms with Gasteiger partial charge in [-0.05, 0) is 18.6 Å². The quantitative estimate of drug-likeness (QED) is 0.780. The zero-order valence-corrected chi connectivity index (χ0v) is 12.3. The zero-order valence-electron chi connectivity index (χ0n) is 11.4. The van der Waals surface area contributed by atoms with Crippen molar-refractivity contribution in [1.29, 1.82) is 0 Å². The number of amides is 1. The lowest BCUT2D eigenvalue weighted by molar-refractivity contribution is -0.113. The topological polar surface area (TPSA) is 81.4 Å². The summed E-state index contributed by atoms with van der Waals surface area (Å²) in [5.74, 6) is 0.187. The van der Waals surface area contributed by atoms with Crippen LogP contribution >= 0.6 is 0 Å². The number of benzene rings is 1. The second-order valence-electron chi connectivity index (χ2n) is 4.25. The molecule has 0 fully saturated rings. The number of nitrogens with one attached hydrogen (secondary N) is 1. The van der Waals surface area contributed by atoms with Crippen LogP contribution in [0.4, 0.5) is 11.4 Å². The first-order chi connectivity index (χ1) is 8.97. The Morgan fingerprint density at radius 2 is 2.21 bits per heavy atom. The number of hydrogen-bond donors (Lipinski definition) is 2. The van der Waals surface area contributed by atoms with E-state index in [4.69, 9.17) is 10.5 Å². The van der Waals surface area contributed by atoms with E-state index in [1.54, 1.807) is 18.2 Å². The average Bonchev–Trinajstić information content (AvgIpc) is 2.39. The molecule has 2 unspecified atom stereocenters. The normalized spacial score (nSPS) is 13.6. The lowest BCUT2D eigenvalue weighted by atomic mass is 10.2. The highest BCUT2D eigenvalue weighted by molar-refractivity contribution is 7.86. The van der Waals surface area contributed by atoms with E-state index in [9.17, 15) is 9.00 Å². The van der Waals surface area contributed by atoms with E-state index in [0.717, 1.165) is 6.42 Å². The van der Waals surface area contributed by atoms with Gasteiger partial charge in [0.25, 0.3) is 0 Å². The number of nitrogens with two attached hydrogens (primary N) is 1. The van der Waals surface area contributed by atoms with Crippen molar-refractivity contribution in [2.45, 2.75) is 25.5 Å². The van der Waals surface area contributed by atoms with Crippen molar-refractivity contribution in [2.75, 3.05) is 23.9 Å². The van der Waals surface area contributed by atoms with Crippen molar-refractivity contribution >= 4 is 28.1 Å². The van der Waals surface area contributed by atoms with Crippen LogP contribution in [0.2, 0.25) is 0 Å². The number of rotatable bonds is 6. The predicted molar refractivity (Wildman–Crippen MR) is 78.8 cm³/mol. The van der Waals surface area contributed by atoms with E-state index in [1.807, 2.05) is 13.8 Å². The van der Waals surface area contributed by atoms with Crippen LogP contribution in [0, 0.1) is 0 Å². The summed E-state index contributed by atoms with van der Waals surface area (Å²) >= 11 is 0. The number of nitrogen functional groups attached to an aromatic ring is 1. The minimum Gasteiger partial charge on any atom is -0.494 e. The van der Waals surface area contributed by atoms with Gasteiger partial charge >= 0.3 is 0 Å². The van der Waals surface area contributed by atoms with Crippen molar-refractivity contribution < 1.29 is 13.7 Å². The van der Waals surface area contributed by atoms with Gasteiger partial charge in [0.2, 0.25) is 5.91 Å². The Balaban J connectivity index is 2.69. The van der Waals surface area contributed by atoms with E-state index in [1.165, 1.54) is 7.11 Å². The summed E-state index contributed by atoms with van der Waals surface area (Å²) in [4.78, 5) is 11.8. The summed E-state index contributed by atoms with van der Waals surface area (Å²) in [6.45, 7) is 3.82. The van der Waals surface area contributed by atoms with Crippen molar-refractivity contribution in [3.8, 4) is 5.75 Å². The molecule has 0 saturated carbocycles. The van der Waals surface area contributed by atoms with E-state index in [0.29, 0.717) is 17.1 Å². The molecule has 0 spiro atoms. The van der Waals surface area contributed by atoms with Crippen LogP contribution in [0.25, 0.3) is 0 Å². The van der Waals surface area contributed by atoms with Crippen LogP contribution in [0.3, 0.4) is 0 Å². The highest BCUT2D eigenvalue weighted by atomic mass is 32.2. The molecule has 0 aliphatic rings. The highest BCUT2D eigenvalue weighted by Crippen LogP contribution is 2.26. The molecule has 5 nitrogen and oxygen atoms in total. The maximum atomic E-state index is 11.8. The molecule has 106 valence electrons. The first kappa shape index (κ1) is 15.5. The number of anilines is 2. The molecule has 1 amide bonds. The first-order valence-corrected chi connectivity index (χ1v) is 7.46. The Morgan fingerprint density at radius 1 is 1.53 bits per heavy atom. The molecule has 0 heterocycles. The Hall–Kier alpha value is -1.56. The van der Waals surface area contributed by atoms with Crippen LogP contribution < -0.4 is 15.8 Å². The van der Waals surface area contributed by atoms with Crippen LogP contribution in [0.15, 0.2) is 18.2 Å². The van der Waals surface area contributed by atoms with Gasteiger partial charge in [-0.3, -0.25) is 9.00 Å². The zero-order chi connectivity index (χ0) is 14.4. The van der Waals surface area contributed by atoms with Gasteiger partial charge < -0.3 is 15.8 Å². The molecule has 6 heteroatoms. The summed E-state index contributed by atoms with van der Waals surface area (Å²) < 4.78 is 16.9. The van der Waals surface area contributed by atoms with Crippen molar-refractivity contribution in [3.05, 3.63) is 18.2 Å². The second-order valence-corrected chi connectivity index (χ2v) is 6.11. The van der Waals surface area contributed by atoms with Gasteiger partial charge in [0, 0.05) is 27.8 Å². The lowest BCUT2D eigenvalue weighted by Crippen LogP contribution is -2.24. The van der Waals surface area contributed by atoms with Gasteiger partial charge in [0.15, 0.2) is 0 Å². The molecule has 0 aromatic heterocycles. The molecule has 1 aromatic carbocycles. The van der Waals surface area contributed by atoms with Crippen LogP contribution in [-0.4, -0.2) is 28.2 Å². The fraction of sp³-hybridized carbons (Fsp3) is 0.462. The Bertz CT molecular complexity index is 477. The molecule has 0 saturated heterocycles. The minimum atomic E-state index is -1.16. The predicted octanol–water partition coefficient (Wildman–Crippen LogP) is 1.76. The Labute approximate surface area is 116 Å². The fourth-order valence-electron chi connectivity index (χ4n) is 1.45. The van der Waals surface area contributed by atoms with Gasteiger partial charge in [0.1, 0.15) is 11.5 Å². The van der Waals surface area contributed by atoms with E-state index in [-0.39, 0.29) is 16.9 Å². The minimum absolute atomic E-state index is 0.0114. The number of carbonyl (C=O) groups is 1. The van der Waals surface area contributed by atoms with Gasteiger partial charge in [-0.25, -0.2) is 0 Å². The molecule has 19 heavy (non-hydrogen) atoms. The molecule has 2 atom stereocenters. The molecular formula is C13H20N2O3S. The summed E-state index contributed by atoms with van der Waals surface area (Å²) in [7, 11) is 0.343. The number of carbonyl (C=O) groups excluding carboxylic acids is 1. The third-order valence-electron chi connectivity index (χ3n) is 2.80. The SMILES string of the molecule is CCC(C)S(=O)CC(=O)Nc1ccc(N)cc1OC. The molecule has 0 aliphatic carbocycles. The number of hydrogen-bond acceptors (Lipinski definition) is 4. The molecule has 0 aliphatic heterocycles. The lowest BCUT2D eigenvalue weighted by Gasteiger charge is -2.12. The Kier molecular flexibility index (Phi) is 5.82. The maximum Gasteiger partial charge on any atom is 0.237 e. The average molecular weight is 284 g/mol. The summed E-state index contributed by atoms with van der Waals surface area (Å²) in [6.07, 6.45) is 0.783. The largest absolute Gasteiger partial charge is 0.494 e. The monoisotopic (exact) mass is 284 g/mol. The van der Waals surface area contributed by atoms with Gasteiger partial charge in [-0.15, -0.1) is 0 Å². The van der Waals surface area contributed by atoms with Gasteiger partial charge in [0.05, 0.1) is 12.8 Å². The van der Waals surface area contributed by atoms with Crippen LogP contribution in [0.1, 0.15) is 20.3 Å². The maximum absolute atomic E-state index is 11.8. The Morgan fingerprint density at radius 3 is 2.79 bits per heavy atom. The van der Waals surface area contributed by atoms with Gasteiger partial charge in [-0.2, -0.15) is 0 Å². The third kappa shape index (κ3) is 4.55. The highest BCUT2D eigenvalue weighted by Gasteiger charge is 2.15. The third-order valence-corrected chi connectivity index (χ3v) is 4.57. The molecule has 0 bridgehead atoms. The number of methoxy groups -OCH3 is 1. The fourth-order valence-corrected chi connectivity index (χ4v) is 2.44. The second kappa shape index (κ2) is 7.13. The molecular weight excluding hydrogens is 264 g/mol. The van der Waals surface area contributed by atoms with Crippen molar-refractivity contribution in [2.24, 2.45) is 0 Å². The summed E-state index contributed by atoms with van der Waals surface area (Å²) in [6, 6.07) is 4.96. The smallest absolute Gasteiger partial charge is 0.237 e. The molecule has 1 aromatic rings. The molecule has 1 rings (SSSR count). The standard InChI is InChI=1S/C13H20N2O3S/c1-4-9(2)19(17)8-13(16)15-11-6-5-10(14)7-12(11)18-3/h5-7,9H,4,8,14H2,1-3H3,(H,15,16). The van der Waals surface area contributed by atoms with E-state index < -0.39 is 10.8 Å². The van der Waals surface area contributed by atoms with E-state index in [2.05, 4.69) is 5.32 Å². The summed E-state index contributed by atoms with van der Waals surface area (Å²) in [5.41, 5.74) is 6.72. The van der Waals surface area contributed by atoms with Crippen molar-refractivity contribution in [1.82, 2.24) is 0 Å².